The van der Waals surface area contributed by atoms with Crippen LogP contribution in [-0.2, 0) is 4.79 Å². The maximum Gasteiger partial charge on any atom is 0.262 e. The van der Waals surface area contributed by atoms with Gasteiger partial charge in [-0.1, -0.05) is 18.1 Å². The second kappa shape index (κ2) is 4.94. The smallest absolute Gasteiger partial charge is 0.262 e. The molecule has 1 aromatic rings. The Hall–Kier alpha value is -2.61. The number of nitrogens with zero attached hydrogens (tertiary/aromatic N) is 1. The fourth-order valence-electron chi connectivity index (χ4n) is 1.96. The largest absolute Gasteiger partial charge is 0.343 e. The van der Waals surface area contributed by atoms with Crippen LogP contribution in [-0.4, -0.2) is 35.2 Å². The summed E-state index contributed by atoms with van der Waals surface area (Å²) in [6.45, 7) is 1.56. The van der Waals surface area contributed by atoms with Crippen LogP contribution >= 0.6 is 0 Å². The molecular formula is C14H12N2O3. The van der Waals surface area contributed by atoms with Crippen molar-refractivity contribution in [1.82, 2.24) is 10.2 Å². The number of rotatable bonds is 3. The first kappa shape index (κ1) is 12.8. The van der Waals surface area contributed by atoms with Gasteiger partial charge in [-0.05, 0) is 19.1 Å². The van der Waals surface area contributed by atoms with Crippen LogP contribution in [0.3, 0.4) is 0 Å². The number of hydrogen-bond acceptors (Lipinski definition) is 3. The van der Waals surface area contributed by atoms with E-state index in [0.717, 1.165) is 4.90 Å². The van der Waals surface area contributed by atoms with Gasteiger partial charge in [-0.15, -0.1) is 6.42 Å². The Morgan fingerprint density at radius 1 is 1.32 bits per heavy atom. The summed E-state index contributed by atoms with van der Waals surface area (Å²) in [6.07, 6.45) is 5.04. The van der Waals surface area contributed by atoms with E-state index in [9.17, 15) is 14.4 Å². The van der Waals surface area contributed by atoms with Gasteiger partial charge in [0.1, 0.15) is 6.04 Å². The van der Waals surface area contributed by atoms with Crippen LogP contribution in [0, 0.1) is 12.3 Å². The third-order valence-electron chi connectivity index (χ3n) is 2.96. The Kier molecular flexibility index (Phi) is 3.34. The van der Waals surface area contributed by atoms with Crippen molar-refractivity contribution in [3.8, 4) is 12.3 Å². The third-order valence-corrected chi connectivity index (χ3v) is 2.96. The monoisotopic (exact) mass is 256 g/mol. The van der Waals surface area contributed by atoms with E-state index in [0.29, 0.717) is 11.1 Å². The lowest BCUT2D eigenvalue weighted by molar-refractivity contribution is -0.124. The number of fused-ring (bicyclic) bond motifs is 1. The fourth-order valence-corrected chi connectivity index (χ4v) is 1.96. The molecule has 1 heterocycles. The van der Waals surface area contributed by atoms with Gasteiger partial charge in [0.15, 0.2) is 0 Å². The second-order valence-corrected chi connectivity index (χ2v) is 4.12. The highest BCUT2D eigenvalue weighted by Gasteiger charge is 2.40. The zero-order valence-electron chi connectivity index (χ0n) is 10.3. The molecule has 0 saturated heterocycles. The molecule has 1 unspecified atom stereocenters. The summed E-state index contributed by atoms with van der Waals surface area (Å²) < 4.78 is 0. The number of terminal acetylenes is 1. The van der Waals surface area contributed by atoms with Crippen LogP contribution in [0.25, 0.3) is 0 Å². The van der Waals surface area contributed by atoms with E-state index in [1.165, 1.54) is 6.92 Å². The van der Waals surface area contributed by atoms with Crippen molar-refractivity contribution in [3.63, 3.8) is 0 Å². The summed E-state index contributed by atoms with van der Waals surface area (Å²) in [4.78, 5) is 37.0. The Morgan fingerprint density at radius 3 is 2.32 bits per heavy atom. The highest BCUT2D eigenvalue weighted by atomic mass is 16.2. The quantitative estimate of drug-likeness (QED) is 0.629. The van der Waals surface area contributed by atoms with Gasteiger partial charge in [-0.25, -0.2) is 0 Å². The van der Waals surface area contributed by atoms with Crippen molar-refractivity contribution in [2.75, 3.05) is 6.54 Å². The molecule has 0 radical (unpaired) electrons. The molecule has 5 heteroatoms. The topological polar surface area (TPSA) is 66.5 Å². The Balaban J connectivity index is 2.25. The van der Waals surface area contributed by atoms with Gasteiger partial charge < -0.3 is 5.32 Å². The minimum atomic E-state index is -0.888. The Morgan fingerprint density at radius 2 is 1.84 bits per heavy atom. The van der Waals surface area contributed by atoms with Gasteiger partial charge in [-0.3, -0.25) is 19.3 Å². The normalized spacial score (nSPS) is 14.8. The molecule has 1 atom stereocenters. The van der Waals surface area contributed by atoms with Crippen molar-refractivity contribution in [2.24, 2.45) is 0 Å². The van der Waals surface area contributed by atoms with Gasteiger partial charge in [0.25, 0.3) is 11.8 Å². The molecular weight excluding hydrogens is 244 g/mol. The van der Waals surface area contributed by atoms with E-state index in [1.807, 2.05) is 0 Å². The summed E-state index contributed by atoms with van der Waals surface area (Å²) in [5.74, 6) is 0.903. The lowest BCUT2D eigenvalue weighted by Crippen LogP contribution is -2.47. The molecule has 0 bridgehead atoms. The fraction of sp³-hybridized carbons (Fsp3) is 0.214. The van der Waals surface area contributed by atoms with E-state index in [4.69, 9.17) is 6.42 Å². The molecule has 1 aromatic carbocycles. The molecule has 0 spiro atoms. The van der Waals surface area contributed by atoms with Crippen molar-refractivity contribution >= 4 is 17.7 Å². The van der Waals surface area contributed by atoms with Gasteiger partial charge in [0, 0.05) is 0 Å². The predicted molar refractivity (Wildman–Crippen MR) is 68.2 cm³/mol. The molecule has 3 amide bonds. The first-order valence-electron chi connectivity index (χ1n) is 5.76. The number of hydrogen-bond donors (Lipinski definition) is 1. The average molecular weight is 256 g/mol. The molecule has 1 aliphatic heterocycles. The highest BCUT2D eigenvalue weighted by Crippen LogP contribution is 2.24. The molecule has 2 rings (SSSR count). The second-order valence-electron chi connectivity index (χ2n) is 4.12. The number of carbonyl (C=O) groups excluding carboxylic acids is 3. The molecule has 0 aliphatic carbocycles. The van der Waals surface area contributed by atoms with Crippen molar-refractivity contribution in [2.45, 2.75) is 13.0 Å². The van der Waals surface area contributed by atoms with Gasteiger partial charge in [0.2, 0.25) is 5.91 Å². The minimum absolute atomic E-state index is 0.0618. The highest BCUT2D eigenvalue weighted by molar-refractivity contribution is 6.22. The summed E-state index contributed by atoms with van der Waals surface area (Å²) in [7, 11) is 0. The first-order chi connectivity index (χ1) is 9.07. The summed E-state index contributed by atoms with van der Waals surface area (Å²) in [6, 6.07) is 5.61. The van der Waals surface area contributed by atoms with Crippen LogP contribution in [0.15, 0.2) is 24.3 Å². The molecule has 0 saturated carbocycles. The van der Waals surface area contributed by atoms with E-state index >= 15 is 0 Å². The van der Waals surface area contributed by atoms with E-state index in [1.54, 1.807) is 24.3 Å². The van der Waals surface area contributed by atoms with E-state index in [-0.39, 0.29) is 6.54 Å². The molecule has 0 aromatic heterocycles. The molecule has 0 fully saturated rings. The molecule has 19 heavy (non-hydrogen) atoms. The first-order valence-corrected chi connectivity index (χ1v) is 5.76. The zero-order valence-corrected chi connectivity index (χ0v) is 10.3. The minimum Gasteiger partial charge on any atom is -0.343 e. The maximum atomic E-state index is 12.1. The number of carbonyl (C=O) groups is 3. The lowest BCUT2D eigenvalue weighted by atomic mass is 10.1. The third kappa shape index (κ3) is 2.08. The molecule has 5 nitrogen and oxygen atoms in total. The zero-order chi connectivity index (χ0) is 14.0. The van der Waals surface area contributed by atoms with Crippen LogP contribution in [0.2, 0.25) is 0 Å². The number of benzene rings is 1. The standard InChI is InChI=1S/C14H12N2O3/c1-3-8-15-12(17)9(2)16-13(18)10-6-4-5-7-11(10)14(16)19/h1,4-7,9H,8H2,2H3,(H,15,17). The maximum absolute atomic E-state index is 12.1. The molecule has 1 N–H and O–H groups in total. The van der Waals surface area contributed by atoms with Gasteiger partial charge in [0.05, 0.1) is 17.7 Å². The van der Waals surface area contributed by atoms with Crippen LogP contribution < -0.4 is 5.32 Å². The molecule has 1 aliphatic rings. The van der Waals surface area contributed by atoms with E-state index in [2.05, 4.69) is 11.2 Å². The van der Waals surface area contributed by atoms with Gasteiger partial charge in [-0.2, -0.15) is 0 Å². The summed E-state index contributed by atoms with van der Waals surface area (Å²) in [5, 5.41) is 2.46. The number of amides is 3. The van der Waals surface area contributed by atoms with Crippen molar-refractivity contribution in [3.05, 3.63) is 35.4 Å². The number of nitrogens with one attached hydrogen (secondary N) is 1. The summed E-state index contributed by atoms with van der Waals surface area (Å²) >= 11 is 0. The van der Waals surface area contributed by atoms with Crippen molar-refractivity contribution in [1.29, 1.82) is 0 Å². The van der Waals surface area contributed by atoms with Crippen LogP contribution in [0.4, 0.5) is 0 Å². The predicted octanol–water partition coefficient (Wildman–Crippen LogP) is 0.420. The average Bonchev–Trinajstić information content (AvgIpc) is 2.68. The van der Waals surface area contributed by atoms with Crippen LogP contribution in [0.5, 0.6) is 0 Å². The van der Waals surface area contributed by atoms with E-state index < -0.39 is 23.8 Å². The van der Waals surface area contributed by atoms with Gasteiger partial charge >= 0.3 is 0 Å². The lowest BCUT2D eigenvalue weighted by Gasteiger charge is -2.21. The summed E-state index contributed by atoms with van der Waals surface area (Å²) in [5.41, 5.74) is 0.646. The Bertz CT molecular complexity index is 566. The van der Waals surface area contributed by atoms with Crippen molar-refractivity contribution < 1.29 is 14.4 Å². The number of imide groups is 1. The Labute approximate surface area is 110 Å². The SMILES string of the molecule is C#CCNC(=O)C(C)N1C(=O)c2ccccc2C1=O. The van der Waals surface area contributed by atoms with Crippen LogP contribution in [0.1, 0.15) is 27.6 Å². The molecule has 96 valence electrons.